The number of hydrogen-bond acceptors (Lipinski definition) is 5. The molecule has 1 saturated heterocycles. The fourth-order valence-corrected chi connectivity index (χ4v) is 2.39. The molecule has 120 valence electrons. The van der Waals surface area contributed by atoms with Crippen molar-refractivity contribution < 1.29 is 9.59 Å². The molecule has 1 aliphatic heterocycles. The molecule has 1 aromatic carbocycles. The SMILES string of the molecule is O=C1CNCNCCNCCNC(=O)C1Cc1ccccc1. The average molecular weight is 304 g/mol. The molecule has 0 radical (unpaired) electrons. The van der Waals surface area contributed by atoms with Crippen LogP contribution in [-0.2, 0) is 16.0 Å². The van der Waals surface area contributed by atoms with E-state index in [9.17, 15) is 9.59 Å². The Labute approximate surface area is 131 Å². The minimum atomic E-state index is -0.643. The van der Waals surface area contributed by atoms with Gasteiger partial charge in [-0.1, -0.05) is 30.3 Å². The topological polar surface area (TPSA) is 82.3 Å². The van der Waals surface area contributed by atoms with Crippen molar-refractivity contribution in [2.75, 3.05) is 39.4 Å². The highest BCUT2D eigenvalue weighted by molar-refractivity contribution is 6.02. The highest BCUT2D eigenvalue weighted by atomic mass is 16.2. The zero-order valence-electron chi connectivity index (χ0n) is 12.7. The molecule has 1 aliphatic rings. The highest BCUT2D eigenvalue weighted by Crippen LogP contribution is 2.10. The Morgan fingerprint density at radius 1 is 0.909 bits per heavy atom. The maximum atomic E-state index is 12.4. The number of carbonyl (C=O) groups is 2. The molecule has 1 aromatic rings. The van der Waals surface area contributed by atoms with Crippen LogP contribution in [0.3, 0.4) is 0 Å². The quantitative estimate of drug-likeness (QED) is 0.542. The van der Waals surface area contributed by atoms with Crippen LogP contribution in [0, 0.1) is 5.92 Å². The van der Waals surface area contributed by atoms with Gasteiger partial charge in [-0.25, -0.2) is 0 Å². The molecule has 0 aliphatic carbocycles. The van der Waals surface area contributed by atoms with Crippen molar-refractivity contribution in [2.24, 2.45) is 5.92 Å². The van der Waals surface area contributed by atoms with Gasteiger partial charge < -0.3 is 16.0 Å². The van der Waals surface area contributed by atoms with Gasteiger partial charge in [-0.15, -0.1) is 0 Å². The third-order valence-electron chi connectivity index (χ3n) is 3.62. The Balaban J connectivity index is 2.02. The van der Waals surface area contributed by atoms with Crippen LogP contribution in [-0.4, -0.2) is 51.1 Å². The minimum absolute atomic E-state index is 0.0737. The summed E-state index contributed by atoms with van der Waals surface area (Å²) in [5, 5.41) is 12.3. The van der Waals surface area contributed by atoms with E-state index in [4.69, 9.17) is 0 Å². The number of carbonyl (C=O) groups excluding carboxylic acids is 2. The summed E-state index contributed by atoms with van der Waals surface area (Å²) in [6.07, 6.45) is 0.439. The largest absolute Gasteiger partial charge is 0.354 e. The zero-order valence-corrected chi connectivity index (χ0v) is 12.7. The lowest BCUT2D eigenvalue weighted by Gasteiger charge is -2.16. The molecular weight excluding hydrogens is 280 g/mol. The number of hydrogen-bond donors (Lipinski definition) is 4. The lowest BCUT2D eigenvalue weighted by atomic mass is 9.94. The van der Waals surface area contributed by atoms with E-state index in [0.29, 0.717) is 26.2 Å². The molecule has 1 heterocycles. The normalized spacial score (nSPS) is 22.1. The molecule has 4 N–H and O–H groups in total. The molecule has 22 heavy (non-hydrogen) atoms. The fourth-order valence-electron chi connectivity index (χ4n) is 2.39. The van der Waals surface area contributed by atoms with Crippen LogP contribution in [0.1, 0.15) is 5.56 Å². The van der Waals surface area contributed by atoms with E-state index >= 15 is 0 Å². The van der Waals surface area contributed by atoms with Gasteiger partial charge in [0, 0.05) is 32.8 Å². The molecule has 1 fully saturated rings. The van der Waals surface area contributed by atoms with Gasteiger partial charge in [0.2, 0.25) is 5.91 Å². The smallest absolute Gasteiger partial charge is 0.231 e. The molecule has 0 spiro atoms. The maximum absolute atomic E-state index is 12.4. The number of Topliss-reactive ketones (excluding diaryl/α,β-unsaturated/α-hetero) is 1. The summed E-state index contributed by atoms with van der Waals surface area (Å²) >= 11 is 0. The van der Waals surface area contributed by atoms with Crippen LogP contribution in [0.25, 0.3) is 0 Å². The van der Waals surface area contributed by atoms with E-state index in [2.05, 4.69) is 21.3 Å². The predicted molar refractivity (Wildman–Crippen MR) is 85.4 cm³/mol. The average Bonchev–Trinajstić information content (AvgIpc) is 2.55. The second kappa shape index (κ2) is 9.30. The summed E-state index contributed by atoms with van der Waals surface area (Å²) in [4.78, 5) is 24.7. The van der Waals surface area contributed by atoms with E-state index in [1.807, 2.05) is 30.3 Å². The van der Waals surface area contributed by atoms with E-state index in [-0.39, 0.29) is 18.2 Å². The van der Waals surface area contributed by atoms with Gasteiger partial charge in [-0.05, 0) is 12.0 Å². The Morgan fingerprint density at radius 2 is 1.64 bits per heavy atom. The third-order valence-corrected chi connectivity index (χ3v) is 3.62. The molecule has 0 saturated carbocycles. The van der Waals surface area contributed by atoms with Gasteiger partial charge >= 0.3 is 0 Å². The summed E-state index contributed by atoms with van der Waals surface area (Å²) in [5.74, 6) is -0.907. The van der Waals surface area contributed by atoms with Crippen LogP contribution in [0.2, 0.25) is 0 Å². The first-order valence-electron chi connectivity index (χ1n) is 7.74. The third kappa shape index (κ3) is 5.55. The van der Waals surface area contributed by atoms with Crippen molar-refractivity contribution in [1.29, 1.82) is 0 Å². The molecule has 6 nitrogen and oxygen atoms in total. The van der Waals surface area contributed by atoms with Crippen molar-refractivity contribution in [2.45, 2.75) is 6.42 Å². The summed E-state index contributed by atoms with van der Waals surface area (Å²) in [7, 11) is 0. The van der Waals surface area contributed by atoms with Crippen molar-refractivity contribution in [1.82, 2.24) is 21.3 Å². The van der Waals surface area contributed by atoms with Crippen LogP contribution in [0.5, 0.6) is 0 Å². The number of nitrogens with one attached hydrogen (secondary N) is 4. The maximum Gasteiger partial charge on any atom is 0.231 e. The van der Waals surface area contributed by atoms with Crippen LogP contribution >= 0.6 is 0 Å². The molecule has 6 heteroatoms. The van der Waals surface area contributed by atoms with Gasteiger partial charge in [-0.3, -0.25) is 14.9 Å². The van der Waals surface area contributed by atoms with Gasteiger partial charge in [0.1, 0.15) is 5.92 Å². The zero-order chi connectivity index (χ0) is 15.6. The number of rotatable bonds is 2. The fraction of sp³-hybridized carbons (Fsp3) is 0.500. The summed E-state index contributed by atoms with van der Waals surface area (Å²) in [6.45, 7) is 3.65. The molecule has 2 rings (SSSR count). The lowest BCUT2D eigenvalue weighted by molar-refractivity contribution is -0.133. The second-order valence-corrected chi connectivity index (χ2v) is 5.35. The van der Waals surface area contributed by atoms with Gasteiger partial charge in [0.25, 0.3) is 0 Å². The van der Waals surface area contributed by atoms with Crippen LogP contribution in [0.4, 0.5) is 0 Å². The van der Waals surface area contributed by atoms with Crippen molar-refractivity contribution in [3.8, 4) is 0 Å². The Morgan fingerprint density at radius 3 is 2.45 bits per heavy atom. The lowest BCUT2D eigenvalue weighted by Crippen LogP contribution is -2.42. The Bertz CT molecular complexity index is 454. The summed E-state index contributed by atoms with van der Waals surface area (Å²) in [6, 6.07) is 9.65. The molecule has 0 aromatic heterocycles. The van der Waals surface area contributed by atoms with E-state index in [1.54, 1.807) is 0 Å². The number of amides is 1. The first kappa shape index (κ1) is 16.6. The van der Waals surface area contributed by atoms with E-state index < -0.39 is 5.92 Å². The van der Waals surface area contributed by atoms with Crippen molar-refractivity contribution in [3.05, 3.63) is 35.9 Å². The first-order valence-corrected chi connectivity index (χ1v) is 7.74. The number of benzene rings is 1. The van der Waals surface area contributed by atoms with E-state index in [0.717, 1.165) is 18.7 Å². The van der Waals surface area contributed by atoms with Crippen molar-refractivity contribution >= 4 is 11.7 Å². The second-order valence-electron chi connectivity index (χ2n) is 5.35. The molecule has 0 bridgehead atoms. The highest BCUT2D eigenvalue weighted by Gasteiger charge is 2.26. The number of ketones is 1. The molecular formula is C16H24N4O2. The van der Waals surface area contributed by atoms with Crippen molar-refractivity contribution in [3.63, 3.8) is 0 Å². The Kier molecular flexibility index (Phi) is 7.02. The minimum Gasteiger partial charge on any atom is -0.354 e. The standard InChI is InChI=1S/C16H24N4O2/c21-15-11-19-12-18-7-6-17-8-9-20-16(22)14(15)10-13-4-2-1-3-5-13/h1-5,14,17-19H,6-12H2,(H,20,22). The summed E-state index contributed by atoms with van der Waals surface area (Å²) in [5.41, 5.74) is 0.997. The molecule has 1 unspecified atom stereocenters. The van der Waals surface area contributed by atoms with E-state index in [1.165, 1.54) is 0 Å². The predicted octanol–water partition coefficient (Wildman–Crippen LogP) is -0.729. The monoisotopic (exact) mass is 304 g/mol. The Hall–Kier alpha value is -1.76. The molecule has 1 amide bonds. The first-order chi connectivity index (χ1) is 10.8. The molecule has 1 atom stereocenters. The van der Waals surface area contributed by atoms with Crippen LogP contribution in [0.15, 0.2) is 30.3 Å². The summed E-state index contributed by atoms with van der Waals surface area (Å²) < 4.78 is 0. The van der Waals surface area contributed by atoms with Crippen LogP contribution < -0.4 is 21.3 Å². The van der Waals surface area contributed by atoms with Gasteiger partial charge in [0.15, 0.2) is 5.78 Å². The van der Waals surface area contributed by atoms with Gasteiger partial charge in [-0.2, -0.15) is 0 Å². The van der Waals surface area contributed by atoms with Gasteiger partial charge in [0.05, 0.1) is 6.54 Å².